The Morgan fingerprint density at radius 1 is 0.969 bits per heavy atom. The second-order valence-electron chi connectivity index (χ2n) is 6.43. The van der Waals surface area contributed by atoms with Crippen LogP contribution in [0, 0.1) is 5.82 Å². The van der Waals surface area contributed by atoms with Gasteiger partial charge in [-0.05, 0) is 42.5 Å². The third kappa shape index (κ3) is 5.50. The quantitative estimate of drug-likeness (QED) is 0.366. The molecule has 3 aromatic rings. The van der Waals surface area contributed by atoms with Crippen LogP contribution in [0.1, 0.15) is 26.3 Å². The highest BCUT2D eigenvalue weighted by molar-refractivity contribution is 9.10. The van der Waals surface area contributed by atoms with Gasteiger partial charge in [-0.1, -0.05) is 34.1 Å². The van der Waals surface area contributed by atoms with Crippen LogP contribution >= 0.6 is 15.9 Å². The van der Waals surface area contributed by atoms with Crippen molar-refractivity contribution in [2.75, 3.05) is 19.5 Å². The van der Waals surface area contributed by atoms with E-state index in [-0.39, 0.29) is 16.8 Å². The highest BCUT2D eigenvalue weighted by Gasteiger charge is 2.16. The van der Waals surface area contributed by atoms with Gasteiger partial charge in [0, 0.05) is 15.6 Å². The Bertz CT molecular complexity index is 1180. The summed E-state index contributed by atoms with van der Waals surface area (Å²) in [6.45, 7) is 0. The van der Waals surface area contributed by atoms with Crippen molar-refractivity contribution in [3.05, 3.63) is 87.6 Å². The number of rotatable bonds is 7. The molecule has 0 fully saturated rings. The lowest BCUT2D eigenvalue weighted by atomic mass is 10.1. The normalized spacial score (nSPS) is 10.6. The summed E-state index contributed by atoms with van der Waals surface area (Å²) in [7, 11) is 2.97. The van der Waals surface area contributed by atoms with Crippen molar-refractivity contribution in [3.8, 4) is 11.5 Å². The van der Waals surface area contributed by atoms with Crippen LogP contribution < -0.4 is 20.2 Å². The van der Waals surface area contributed by atoms with E-state index in [0.717, 1.165) is 0 Å². The molecule has 0 aliphatic carbocycles. The third-order valence-corrected chi connectivity index (χ3v) is 4.89. The summed E-state index contributed by atoms with van der Waals surface area (Å²) in [5.74, 6) is -0.605. The predicted octanol–water partition coefficient (Wildman–Crippen LogP) is 4.62. The van der Waals surface area contributed by atoms with Crippen molar-refractivity contribution < 1.29 is 23.5 Å². The highest BCUT2D eigenvalue weighted by Crippen LogP contribution is 2.28. The number of carbonyl (C=O) groups is 2. The SMILES string of the molecule is COc1ccc(C(=O)Nc2ccc(Br)cc2C(=O)N/N=C/c2ccccc2F)cc1OC. The zero-order valence-corrected chi connectivity index (χ0v) is 18.8. The molecule has 0 unspecified atom stereocenters. The number of nitrogens with zero attached hydrogens (tertiary/aromatic N) is 1. The highest BCUT2D eigenvalue weighted by atomic mass is 79.9. The Morgan fingerprint density at radius 3 is 2.44 bits per heavy atom. The van der Waals surface area contributed by atoms with Crippen LogP contribution in [-0.4, -0.2) is 32.2 Å². The first-order chi connectivity index (χ1) is 15.4. The minimum atomic E-state index is -0.582. The van der Waals surface area contributed by atoms with E-state index in [9.17, 15) is 14.0 Å². The zero-order chi connectivity index (χ0) is 23.1. The molecular formula is C23H19BrFN3O4. The molecule has 0 spiro atoms. The van der Waals surface area contributed by atoms with Crippen molar-refractivity contribution in [3.63, 3.8) is 0 Å². The Hall–Kier alpha value is -3.72. The zero-order valence-electron chi connectivity index (χ0n) is 17.2. The lowest BCUT2D eigenvalue weighted by Crippen LogP contribution is -2.21. The molecule has 9 heteroatoms. The number of methoxy groups -OCH3 is 2. The molecule has 2 N–H and O–H groups in total. The van der Waals surface area contributed by atoms with E-state index >= 15 is 0 Å². The van der Waals surface area contributed by atoms with Crippen molar-refractivity contribution in [1.29, 1.82) is 0 Å². The molecule has 0 saturated carbocycles. The summed E-state index contributed by atoms with van der Waals surface area (Å²) >= 11 is 3.31. The fourth-order valence-electron chi connectivity index (χ4n) is 2.79. The number of ether oxygens (including phenoxy) is 2. The molecule has 164 valence electrons. The van der Waals surface area contributed by atoms with Gasteiger partial charge in [0.2, 0.25) is 0 Å². The molecule has 0 saturated heterocycles. The number of hydrazone groups is 1. The van der Waals surface area contributed by atoms with E-state index in [1.54, 1.807) is 36.4 Å². The summed E-state index contributed by atoms with van der Waals surface area (Å²) in [6.07, 6.45) is 1.20. The van der Waals surface area contributed by atoms with Crippen molar-refractivity contribution >= 4 is 39.6 Å². The molecule has 0 radical (unpaired) electrons. The number of hydrogen-bond acceptors (Lipinski definition) is 5. The van der Waals surface area contributed by atoms with E-state index < -0.39 is 17.6 Å². The van der Waals surface area contributed by atoms with Crippen molar-refractivity contribution in [2.24, 2.45) is 5.10 Å². The Labute approximate surface area is 192 Å². The predicted molar refractivity (Wildman–Crippen MR) is 123 cm³/mol. The molecule has 3 rings (SSSR count). The first-order valence-corrected chi connectivity index (χ1v) is 10.1. The second kappa shape index (κ2) is 10.5. The summed E-state index contributed by atoms with van der Waals surface area (Å²) < 4.78 is 24.7. The standard InChI is InChI=1S/C23H19BrFN3O4/c1-31-20-10-7-14(11-21(20)32-2)22(29)27-19-9-8-16(24)12-17(19)23(30)28-26-13-15-5-3-4-6-18(15)25/h3-13H,1-2H3,(H,27,29)(H,28,30)/b26-13+. The lowest BCUT2D eigenvalue weighted by molar-refractivity contribution is 0.0956. The molecule has 0 bridgehead atoms. The van der Waals surface area contributed by atoms with Gasteiger partial charge in [-0.2, -0.15) is 5.10 Å². The Balaban J connectivity index is 1.79. The molecule has 32 heavy (non-hydrogen) atoms. The smallest absolute Gasteiger partial charge is 0.273 e. The number of nitrogens with one attached hydrogen (secondary N) is 2. The van der Waals surface area contributed by atoms with Crippen LogP contribution in [0.2, 0.25) is 0 Å². The fraction of sp³-hybridized carbons (Fsp3) is 0.0870. The van der Waals surface area contributed by atoms with Crippen molar-refractivity contribution in [2.45, 2.75) is 0 Å². The van der Waals surface area contributed by atoms with E-state index in [2.05, 4.69) is 31.8 Å². The number of carbonyl (C=O) groups excluding carboxylic acids is 2. The van der Waals surface area contributed by atoms with E-state index in [1.165, 1.54) is 44.7 Å². The number of hydrogen-bond donors (Lipinski definition) is 2. The minimum Gasteiger partial charge on any atom is -0.493 e. The topological polar surface area (TPSA) is 89.0 Å². The number of anilines is 1. The number of halogens is 2. The molecule has 0 atom stereocenters. The van der Waals surface area contributed by atoms with Gasteiger partial charge in [-0.3, -0.25) is 9.59 Å². The van der Waals surface area contributed by atoms with Gasteiger partial charge in [-0.15, -0.1) is 0 Å². The molecule has 3 aromatic carbocycles. The Morgan fingerprint density at radius 2 is 1.72 bits per heavy atom. The van der Waals surface area contributed by atoms with Crippen LogP contribution in [0.4, 0.5) is 10.1 Å². The average Bonchev–Trinajstić information content (AvgIpc) is 2.80. The monoisotopic (exact) mass is 499 g/mol. The maximum Gasteiger partial charge on any atom is 0.273 e. The number of benzene rings is 3. The van der Waals surface area contributed by atoms with E-state index in [4.69, 9.17) is 9.47 Å². The van der Waals surface area contributed by atoms with Gasteiger partial charge in [0.25, 0.3) is 11.8 Å². The van der Waals surface area contributed by atoms with Gasteiger partial charge < -0.3 is 14.8 Å². The fourth-order valence-corrected chi connectivity index (χ4v) is 3.15. The first kappa shape index (κ1) is 23.0. The summed E-state index contributed by atoms with van der Waals surface area (Å²) in [5.41, 5.74) is 3.32. The summed E-state index contributed by atoms with van der Waals surface area (Å²) in [4.78, 5) is 25.4. The molecule has 0 aromatic heterocycles. The van der Waals surface area contributed by atoms with Crippen LogP contribution in [0.3, 0.4) is 0 Å². The van der Waals surface area contributed by atoms with Crippen LogP contribution in [-0.2, 0) is 0 Å². The summed E-state index contributed by atoms with van der Waals surface area (Å²) in [5, 5.41) is 6.52. The largest absolute Gasteiger partial charge is 0.493 e. The maximum absolute atomic E-state index is 13.7. The minimum absolute atomic E-state index is 0.166. The molecule has 2 amide bonds. The third-order valence-electron chi connectivity index (χ3n) is 4.40. The van der Waals surface area contributed by atoms with Crippen LogP contribution in [0.15, 0.2) is 70.2 Å². The molecular weight excluding hydrogens is 481 g/mol. The second-order valence-corrected chi connectivity index (χ2v) is 7.35. The lowest BCUT2D eigenvalue weighted by Gasteiger charge is -2.12. The van der Waals surface area contributed by atoms with Gasteiger partial charge in [0.1, 0.15) is 5.82 Å². The van der Waals surface area contributed by atoms with Crippen molar-refractivity contribution in [1.82, 2.24) is 5.43 Å². The van der Waals surface area contributed by atoms with Gasteiger partial charge in [0.05, 0.1) is 31.7 Å². The summed E-state index contributed by atoms with van der Waals surface area (Å²) in [6, 6.07) is 15.6. The average molecular weight is 500 g/mol. The van der Waals surface area contributed by atoms with Gasteiger partial charge >= 0.3 is 0 Å². The van der Waals surface area contributed by atoms with Crippen LogP contribution in [0.5, 0.6) is 11.5 Å². The van der Waals surface area contributed by atoms with E-state index in [0.29, 0.717) is 21.5 Å². The molecule has 0 heterocycles. The molecule has 0 aliphatic heterocycles. The van der Waals surface area contributed by atoms with Gasteiger partial charge in [-0.25, -0.2) is 9.82 Å². The maximum atomic E-state index is 13.7. The molecule has 7 nitrogen and oxygen atoms in total. The van der Waals surface area contributed by atoms with Crippen LogP contribution in [0.25, 0.3) is 0 Å². The first-order valence-electron chi connectivity index (χ1n) is 9.33. The van der Waals surface area contributed by atoms with Gasteiger partial charge in [0.15, 0.2) is 11.5 Å². The number of amides is 2. The Kier molecular flexibility index (Phi) is 7.56. The molecule has 0 aliphatic rings. The van der Waals surface area contributed by atoms with E-state index in [1.807, 2.05) is 0 Å².